The van der Waals surface area contributed by atoms with Crippen molar-refractivity contribution >= 4 is 29.6 Å². The van der Waals surface area contributed by atoms with Crippen molar-refractivity contribution in [3.63, 3.8) is 0 Å². The lowest BCUT2D eigenvalue weighted by Gasteiger charge is -2.32. The number of fused-ring (bicyclic) bond motifs is 3. The number of benzene rings is 1. The third-order valence-corrected chi connectivity index (χ3v) is 6.18. The van der Waals surface area contributed by atoms with Crippen LogP contribution in [0, 0.1) is 0 Å². The molecule has 0 bridgehead atoms. The van der Waals surface area contributed by atoms with E-state index in [0.717, 1.165) is 28.4 Å². The van der Waals surface area contributed by atoms with Crippen molar-refractivity contribution in [3.8, 4) is 0 Å². The zero-order valence-corrected chi connectivity index (χ0v) is 18.5. The standard InChI is InChI=1S/C22H31BN2O4/c1-20(2,3)27-19(26)25-11-10-18-16(13-25)15-12-14(8-9-17(15)24-18)23-28-21(4,5)22(6,7)29-23/h8-9,12,24H,10-11,13H2,1-7H3. The smallest absolute Gasteiger partial charge is 0.444 e. The summed E-state index contributed by atoms with van der Waals surface area (Å²) in [6.45, 7) is 15.1. The van der Waals surface area contributed by atoms with Crippen molar-refractivity contribution in [3.05, 3.63) is 29.5 Å². The van der Waals surface area contributed by atoms with E-state index >= 15 is 0 Å². The summed E-state index contributed by atoms with van der Waals surface area (Å²) in [5.74, 6) is 0. The number of nitrogens with zero attached hydrogens (tertiary/aromatic N) is 1. The third-order valence-electron chi connectivity index (χ3n) is 6.18. The Labute approximate surface area is 173 Å². The molecule has 1 aromatic carbocycles. The van der Waals surface area contributed by atoms with Crippen LogP contribution in [0.3, 0.4) is 0 Å². The summed E-state index contributed by atoms with van der Waals surface area (Å²) in [5, 5.41) is 1.11. The molecule has 1 amide bonds. The van der Waals surface area contributed by atoms with Gasteiger partial charge in [-0.2, -0.15) is 0 Å². The van der Waals surface area contributed by atoms with Crippen LogP contribution >= 0.6 is 0 Å². The molecule has 2 aromatic rings. The molecule has 3 heterocycles. The molecule has 2 aliphatic rings. The molecule has 1 fully saturated rings. The predicted octanol–water partition coefficient (Wildman–Crippen LogP) is 3.76. The van der Waals surface area contributed by atoms with Crippen LogP contribution in [0.4, 0.5) is 4.79 Å². The number of carbonyl (C=O) groups is 1. The Hall–Kier alpha value is -1.99. The van der Waals surface area contributed by atoms with Crippen LogP contribution in [0.1, 0.15) is 59.7 Å². The molecule has 1 aromatic heterocycles. The Balaban J connectivity index is 1.63. The number of hydrogen-bond acceptors (Lipinski definition) is 4. The largest absolute Gasteiger partial charge is 0.494 e. The topological polar surface area (TPSA) is 63.8 Å². The minimum atomic E-state index is -0.499. The van der Waals surface area contributed by atoms with E-state index in [1.807, 2.05) is 20.8 Å². The van der Waals surface area contributed by atoms with Crippen molar-refractivity contribution in [2.24, 2.45) is 0 Å². The Morgan fingerprint density at radius 3 is 2.45 bits per heavy atom. The van der Waals surface area contributed by atoms with E-state index in [-0.39, 0.29) is 17.3 Å². The lowest BCUT2D eigenvalue weighted by Crippen LogP contribution is -2.41. The van der Waals surface area contributed by atoms with E-state index in [0.29, 0.717) is 13.1 Å². The Bertz CT molecular complexity index is 942. The second-order valence-electron chi connectivity index (χ2n) is 10.1. The van der Waals surface area contributed by atoms with Gasteiger partial charge in [0.1, 0.15) is 5.60 Å². The second kappa shape index (κ2) is 6.51. The number of H-pyrrole nitrogens is 1. The lowest BCUT2D eigenvalue weighted by atomic mass is 9.78. The molecule has 0 radical (unpaired) electrons. The lowest BCUT2D eigenvalue weighted by molar-refractivity contribution is 0.00578. The highest BCUT2D eigenvalue weighted by Gasteiger charge is 2.51. The molecule has 0 saturated carbocycles. The van der Waals surface area contributed by atoms with Crippen molar-refractivity contribution in [2.45, 2.75) is 78.2 Å². The SMILES string of the molecule is CC(C)(C)OC(=O)N1CCc2[nH]c3ccc(B4OC(C)(C)C(C)(C)O4)cc3c2C1. The first-order valence-corrected chi connectivity index (χ1v) is 10.3. The summed E-state index contributed by atoms with van der Waals surface area (Å²) >= 11 is 0. The molecule has 0 atom stereocenters. The number of ether oxygens (including phenoxy) is 1. The van der Waals surface area contributed by atoms with Gasteiger partial charge in [-0.05, 0) is 60.0 Å². The zero-order chi connectivity index (χ0) is 21.2. The number of aromatic nitrogens is 1. The van der Waals surface area contributed by atoms with Gasteiger partial charge in [0.25, 0.3) is 0 Å². The van der Waals surface area contributed by atoms with Crippen molar-refractivity contribution in [1.29, 1.82) is 0 Å². The highest BCUT2D eigenvalue weighted by atomic mass is 16.7. The average Bonchev–Trinajstić information content (AvgIpc) is 3.06. The molecule has 2 aliphatic heterocycles. The van der Waals surface area contributed by atoms with Crippen LogP contribution in [0.15, 0.2) is 18.2 Å². The number of nitrogens with one attached hydrogen (secondary N) is 1. The number of aromatic amines is 1. The molecule has 0 aliphatic carbocycles. The maximum Gasteiger partial charge on any atom is 0.494 e. The maximum absolute atomic E-state index is 12.6. The molecule has 0 spiro atoms. The molecule has 1 saturated heterocycles. The van der Waals surface area contributed by atoms with E-state index in [1.165, 1.54) is 5.69 Å². The van der Waals surface area contributed by atoms with Gasteiger partial charge in [-0.25, -0.2) is 4.79 Å². The third kappa shape index (κ3) is 3.66. The van der Waals surface area contributed by atoms with E-state index in [1.54, 1.807) is 4.90 Å². The van der Waals surface area contributed by atoms with E-state index in [4.69, 9.17) is 14.0 Å². The van der Waals surface area contributed by atoms with Crippen molar-refractivity contribution in [2.75, 3.05) is 6.54 Å². The molecular formula is C22H31BN2O4. The molecular weight excluding hydrogens is 367 g/mol. The average molecular weight is 398 g/mol. The first-order valence-electron chi connectivity index (χ1n) is 10.3. The van der Waals surface area contributed by atoms with Crippen LogP contribution in [-0.4, -0.2) is 46.4 Å². The molecule has 4 rings (SSSR count). The molecule has 156 valence electrons. The monoisotopic (exact) mass is 398 g/mol. The van der Waals surface area contributed by atoms with Crippen LogP contribution < -0.4 is 5.46 Å². The maximum atomic E-state index is 12.6. The van der Waals surface area contributed by atoms with Gasteiger partial charge in [0, 0.05) is 35.1 Å². The van der Waals surface area contributed by atoms with Crippen LogP contribution in [-0.2, 0) is 27.0 Å². The highest BCUT2D eigenvalue weighted by Crippen LogP contribution is 2.37. The van der Waals surface area contributed by atoms with Gasteiger partial charge in [0.2, 0.25) is 0 Å². The molecule has 29 heavy (non-hydrogen) atoms. The summed E-state index contributed by atoms with van der Waals surface area (Å²) in [6.07, 6.45) is 0.523. The van der Waals surface area contributed by atoms with Crippen LogP contribution in [0.5, 0.6) is 0 Å². The number of hydrogen-bond donors (Lipinski definition) is 1. The van der Waals surface area contributed by atoms with Gasteiger partial charge < -0.3 is 23.9 Å². The Morgan fingerprint density at radius 1 is 1.17 bits per heavy atom. The second-order valence-corrected chi connectivity index (χ2v) is 10.1. The van der Waals surface area contributed by atoms with Gasteiger partial charge in [-0.3, -0.25) is 0 Å². The van der Waals surface area contributed by atoms with Gasteiger partial charge >= 0.3 is 13.2 Å². The molecule has 7 heteroatoms. The van der Waals surface area contributed by atoms with Crippen LogP contribution in [0.25, 0.3) is 10.9 Å². The quantitative estimate of drug-likeness (QED) is 0.743. The van der Waals surface area contributed by atoms with E-state index in [9.17, 15) is 4.79 Å². The predicted molar refractivity (Wildman–Crippen MR) is 114 cm³/mol. The fraction of sp³-hybridized carbons (Fsp3) is 0.591. The number of rotatable bonds is 1. The van der Waals surface area contributed by atoms with Crippen molar-refractivity contribution in [1.82, 2.24) is 9.88 Å². The molecule has 1 N–H and O–H groups in total. The number of amides is 1. The fourth-order valence-corrected chi connectivity index (χ4v) is 3.84. The summed E-state index contributed by atoms with van der Waals surface area (Å²) in [7, 11) is -0.402. The van der Waals surface area contributed by atoms with E-state index < -0.39 is 12.7 Å². The van der Waals surface area contributed by atoms with E-state index in [2.05, 4.69) is 50.9 Å². The van der Waals surface area contributed by atoms with Crippen LogP contribution in [0.2, 0.25) is 0 Å². The Kier molecular flexibility index (Phi) is 4.55. The fourth-order valence-electron chi connectivity index (χ4n) is 3.84. The molecule has 6 nitrogen and oxygen atoms in total. The molecule has 0 unspecified atom stereocenters. The highest BCUT2D eigenvalue weighted by molar-refractivity contribution is 6.62. The van der Waals surface area contributed by atoms with Gasteiger partial charge in [-0.1, -0.05) is 12.1 Å². The first kappa shape index (κ1) is 20.3. The van der Waals surface area contributed by atoms with Gasteiger partial charge in [0.15, 0.2) is 0 Å². The normalized spacial score (nSPS) is 20.8. The van der Waals surface area contributed by atoms with Gasteiger partial charge in [0.05, 0.1) is 17.7 Å². The van der Waals surface area contributed by atoms with Gasteiger partial charge in [-0.15, -0.1) is 0 Å². The summed E-state index contributed by atoms with van der Waals surface area (Å²) in [5.41, 5.74) is 3.15. The minimum Gasteiger partial charge on any atom is -0.444 e. The van der Waals surface area contributed by atoms with Crippen molar-refractivity contribution < 1.29 is 18.8 Å². The minimum absolute atomic E-state index is 0.264. The summed E-state index contributed by atoms with van der Waals surface area (Å²) < 4.78 is 18.0. The first-order chi connectivity index (χ1) is 13.4. The zero-order valence-electron chi connectivity index (χ0n) is 18.5. The summed E-state index contributed by atoms with van der Waals surface area (Å²) in [6, 6.07) is 6.26. The Morgan fingerprint density at radius 2 is 1.83 bits per heavy atom. The number of carbonyl (C=O) groups excluding carboxylic acids is 1. The summed E-state index contributed by atoms with van der Waals surface area (Å²) in [4.78, 5) is 17.8.